The minimum absolute atomic E-state index is 0.131. The van der Waals surface area contributed by atoms with Gasteiger partial charge in [0.25, 0.3) is 5.91 Å². The number of rotatable bonds is 5. The predicted octanol–water partition coefficient (Wildman–Crippen LogP) is 4.25. The molecular weight excluding hydrogens is 400 g/mol. The quantitative estimate of drug-likeness (QED) is 0.669. The Morgan fingerprint density at radius 1 is 1.17 bits per heavy atom. The molecule has 0 spiro atoms. The van der Waals surface area contributed by atoms with Gasteiger partial charge < -0.3 is 4.74 Å². The SMILES string of the molecule is COc1ccc(-c2csc(NC(=O)C3=NN(c4cccc(C)c4)C(=O)CC3)n2)cc1. The lowest BCUT2D eigenvalue weighted by atomic mass is 10.1. The summed E-state index contributed by atoms with van der Waals surface area (Å²) in [6, 6.07) is 15.0. The first-order chi connectivity index (χ1) is 14.5. The fourth-order valence-corrected chi connectivity index (χ4v) is 3.79. The second-order valence-electron chi connectivity index (χ2n) is 6.81. The Bertz CT molecular complexity index is 1120. The summed E-state index contributed by atoms with van der Waals surface area (Å²) < 4.78 is 5.17. The monoisotopic (exact) mass is 420 g/mol. The second-order valence-corrected chi connectivity index (χ2v) is 7.67. The molecule has 4 rings (SSSR count). The third-order valence-corrected chi connectivity index (χ3v) is 5.41. The number of amides is 2. The molecule has 0 atom stereocenters. The van der Waals surface area contributed by atoms with Gasteiger partial charge >= 0.3 is 0 Å². The highest BCUT2D eigenvalue weighted by Crippen LogP contribution is 2.27. The van der Waals surface area contributed by atoms with Crippen LogP contribution in [0.2, 0.25) is 0 Å². The molecule has 0 aliphatic carbocycles. The zero-order chi connectivity index (χ0) is 21.1. The van der Waals surface area contributed by atoms with Gasteiger partial charge in [-0.2, -0.15) is 5.10 Å². The zero-order valence-electron chi connectivity index (χ0n) is 16.6. The summed E-state index contributed by atoms with van der Waals surface area (Å²) in [5, 5.41) is 10.8. The minimum Gasteiger partial charge on any atom is -0.497 e. The molecule has 0 saturated heterocycles. The van der Waals surface area contributed by atoms with Gasteiger partial charge in [-0.3, -0.25) is 14.9 Å². The van der Waals surface area contributed by atoms with Crippen LogP contribution in [0.25, 0.3) is 11.3 Å². The van der Waals surface area contributed by atoms with E-state index in [4.69, 9.17) is 4.74 Å². The van der Waals surface area contributed by atoms with E-state index in [1.807, 2.05) is 54.8 Å². The largest absolute Gasteiger partial charge is 0.497 e. The Balaban J connectivity index is 1.50. The maximum atomic E-state index is 12.7. The predicted molar refractivity (Wildman–Crippen MR) is 118 cm³/mol. The van der Waals surface area contributed by atoms with Crippen LogP contribution in [0.1, 0.15) is 18.4 Å². The molecule has 1 aromatic heterocycles. The highest BCUT2D eigenvalue weighted by atomic mass is 32.1. The molecule has 0 saturated carbocycles. The molecule has 0 radical (unpaired) electrons. The van der Waals surface area contributed by atoms with Crippen molar-refractivity contribution in [3.8, 4) is 17.0 Å². The number of nitrogens with one attached hydrogen (secondary N) is 1. The highest BCUT2D eigenvalue weighted by Gasteiger charge is 2.26. The molecule has 2 aromatic carbocycles. The Labute approximate surface area is 178 Å². The molecule has 1 aliphatic rings. The standard InChI is InChI=1S/C22H20N4O3S/c1-14-4-3-5-16(12-14)26-20(27)11-10-18(25-26)21(28)24-22-23-19(13-30-22)15-6-8-17(29-2)9-7-15/h3-9,12-13H,10-11H2,1-2H3,(H,23,24,28). The van der Waals surface area contributed by atoms with Crippen LogP contribution in [0.4, 0.5) is 10.8 Å². The Hall–Kier alpha value is -3.52. The van der Waals surface area contributed by atoms with Crippen LogP contribution in [0.3, 0.4) is 0 Å². The van der Waals surface area contributed by atoms with Gasteiger partial charge in [0.1, 0.15) is 11.5 Å². The molecule has 0 unspecified atom stereocenters. The molecule has 1 N–H and O–H groups in total. The molecule has 0 fully saturated rings. The molecule has 2 heterocycles. The number of carbonyl (C=O) groups excluding carboxylic acids is 2. The van der Waals surface area contributed by atoms with Crippen LogP contribution in [0, 0.1) is 6.92 Å². The number of hydrogen-bond donors (Lipinski definition) is 1. The van der Waals surface area contributed by atoms with Gasteiger partial charge in [0, 0.05) is 23.8 Å². The summed E-state index contributed by atoms with van der Waals surface area (Å²) in [4.78, 5) is 29.5. The average Bonchev–Trinajstić information content (AvgIpc) is 3.22. The summed E-state index contributed by atoms with van der Waals surface area (Å²) >= 11 is 1.34. The highest BCUT2D eigenvalue weighted by molar-refractivity contribution is 7.14. The molecular formula is C22H20N4O3S. The van der Waals surface area contributed by atoms with E-state index >= 15 is 0 Å². The van der Waals surface area contributed by atoms with E-state index < -0.39 is 0 Å². The van der Waals surface area contributed by atoms with E-state index in [0.29, 0.717) is 23.0 Å². The Morgan fingerprint density at radius 2 is 1.97 bits per heavy atom. The number of anilines is 2. The number of aryl methyl sites for hydroxylation is 1. The molecule has 2 amide bonds. The van der Waals surface area contributed by atoms with Crippen molar-refractivity contribution < 1.29 is 14.3 Å². The second kappa shape index (κ2) is 8.46. The molecule has 0 bridgehead atoms. The lowest BCUT2D eigenvalue weighted by Gasteiger charge is -2.23. The van der Waals surface area contributed by atoms with Crippen molar-refractivity contribution in [2.45, 2.75) is 19.8 Å². The van der Waals surface area contributed by atoms with E-state index in [-0.39, 0.29) is 18.2 Å². The first kappa shape index (κ1) is 19.8. The molecule has 1 aliphatic heterocycles. The number of aromatic nitrogens is 1. The lowest BCUT2D eigenvalue weighted by Crippen LogP contribution is -2.36. The van der Waals surface area contributed by atoms with Crippen molar-refractivity contribution in [3.05, 3.63) is 59.5 Å². The maximum absolute atomic E-state index is 12.7. The van der Waals surface area contributed by atoms with Crippen LogP contribution < -0.4 is 15.1 Å². The van der Waals surface area contributed by atoms with Crippen LogP contribution in [-0.2, 0) is 9.59 Å². The molecule has 152 valence electrons. The van der Waals surface area contributed by atoms with Gasteiger partial charge in [-0.25, -0.2) is 9.99 Å². The number of carbonyl (C=O) groups is 2. The van der Waals surface area contributed by atoms with E-state index in [9.17, 15) is 9.59 Å². The number of hydrazone groups is 1. The fraction of sp³-hybridized carbons (Fsp3) is 0.182. The number of methoxy groups -OCH3 is 1. The van der Waals surface area contributed by atoms with Gasteiger partial charge in [0.2, 0.25) is 5.91 Å². The minimum atomic E-state index is -0.351. The smallest absolute Gasteiger partial charge is 0.273 e. The van der Waals surface area contributed by atoms with Crippen molar-refractivity contribution in [3.63, 3.8) is 0 Å². The maximum Gasteiger partial charge on any atom is 0.273 e. The van der Waals surface area contributed by atoms with Crippen LogP contribution in [0.15, 0.2) is 59.0 Å². The molecule has 7 nitrogen and oxygen atoms in total. The van der Waals surface area contributed by atoms with Gasteiger partial charge in [-0.05, 0) is 48.9 Å². The van der Waals surface area contributed by atoms with Crippen molar-refractivity contribution in [2.75, 3.05) is 17.4 Å². The summed E-state index contributed by atoms with van der Waals surface area (Å²) in [7, 11) is 1.62. The average molecular weight is 420 g/mol. The lowest BCUT2D eigenvalue weighted by molar-refractivity contribution is -0.118. The van der Waals surface area contributed by atoms with Crippen LogP contribution in [0.5, 0.6) is 5.75 Å². The number of thiazole rings is 1. The van der Waals surface area contributed by atoms with E-state index in [0.717, 1.165) is 22.6 Å². The first-order valence-corrected chi connectivity index (χ1v) is 10.3. The van der Waals surface area contributed by atoms with Crippen molar-refractivity contribution in [1.82, 2.24) is 4.98 Å². The van der Waals surface area contributed by atoms with E-state index in [1.54, 1.807) is 13.2 Å². The van der Waals surface area contributed by atoms with E-state index in [1.165, 1.54) is 16.3 Å². The van der Waals surface area contributed by atoms with Gasteiger partial charge in [0.05, 0.1) is 18.5 Å². The number of nitrogens with zero attached hydrogens (tertiary/aromatic N) is 3. The third-order valence-electron chi connectivity index (χ3n) is 4.65. The molecule has 30 heavy (non-hydrogen) atoms. The van der Waals surface area contributed by atoms with Crippen molar-refractivity contribution in [1.29, 1.82) is 0 Å². The van der Waals surface area contributed by atoms with Crippen molar-refractivity contribution in [2.24, 2.45) is 5.10 Å². The first-order valence-electron chi connectivity index (χ1n) is 9.42. The van der Waals surface area contributed by atoms with Crippen LogP contribution >= 0.6 is 11.3 Å². The van der Waals surface area contributed by atoms with Gasteiger partial charge in [-0.15, -0.1) is 11.3 Å². The number of benzene rings is 2. The van der Waals surface area contributed by atoms with E-state index in [2.05, 4.69) is 15.4 Å². The Kier molecular flexibility index (Phi) is 5.58. The summed E-state index contributed by atoms with van der Waals surface area (Å²) in [5.41, 5.74) is 3.66. The molecule has 8 heteroatoms. The van der Waals surface area contributed by atoms with Gasteiger partial charge in [0.15, 0.2) is 5.13 Å². The van der Waals surface area contributed by atoms with Gasteiger partial charge in [-0.1, -0.05) is 12.1 Å². The molecule has 3 aromatic rings. The zero-order valence-corrected chi connectivity index (χ0v) is 17.4. The third kappa shape index (κ3) is 4.23. The normalized spacial score (nSPS) is 13.7. The number of hydrogen-bond acceptors (Lipinski definition) is 6. The summed E-state index contributed by atoms with van der Waals surface area (Å²) in [5.74, 6) is 0.287. The van der Waals surface area contributed by atoms with Crippen molar-refractivity contribution >= 4 is 39.7 Å². The summed E-state index contributed by atoms with van der Waals surface area (Å²) in [6.07, 6.45) is 0.527. The Morgan fingerprint density at radius 3 is 2.70 bits per heavy atom. The number of ether oxygens (including phenoxy) is 1. The topological polar surface area (TPSA) is 83.9 Å². The van der Waals surface area contributed by atoms with Crippen LogP contribution in [-0.4, -0.2) is 29.6 Å². The fourth-order valence-electron chi connectivity index (χ4n) is 3.07. The summed E-state index contributed by atoms with van der Waals surface area (Å²) in [6.45, 7) is 1.94.